The number of carboxylic acids is 1. The first-order chi connectivity index (χ1) is 20.1. The molecule has 0 saturated carbocycles. The average Bonchev–Trinajstić information content (AvgIpc) is 3.44. The smallest absolute Gasteiger partial charge is 0.303 e. The number of hydrogen-bond acceptors (Lipinski definition) is 6. The van der Waals surface area contributed by atoms with Gasteiger partial charge in [-0.05, 0) is 54.8 Å². The molecule has 0 spiro atoms. The van der Waals surface area contributed by atoms with Gasteiger partial charge in [0.25, 0.3) is 0 Å². The summed E-state index contributed by atoms with van der Waals surface area (Å²) < 4.78 is 30.4. The maximum Gasteiger partial charge on any atom is 0.303 e. The van der Waals surface area contributed by atoms with Crippen molar-refractivity contribution in [3.05, 3.63) is 99.6 Å². The van der Waals surface area contributed by atoms with Gasteiger partial charge in [0.2, 0.25) is 5.91 Å². The number of amides is 1. The average molecular weight is 589 g/mol. The Kier molecular flexibility index (Phi) is 6.61. The fourth-order valence-electron chi connectivity index (χ4n) is 5.31. The molecule has 1 amide bonds. The molecule has 0 bridgehead atoms. The van der Waals surface area contributed by atoms with E-state index in [0.29, 0.717) is 39.2 Å². The zero-order valence-corrected chi connectivity index (χ0v) is 22.9. The number of aliphatic carboxylic acids is 1. The Hall–Kier alpha value is -4.90. The van der Waals surface area contributed by atoms with Gasteiger partial charge < -0.3 is 16.2 Å². The lowest BCUT2D eigenvalue weighted by atomic mass is 9.77. The summed E-state index contributed by atoms with van der Waals surface area (Å²) in [6.07, 6.45) is 0.356. The van der Waals surface area contributed by atoms with Crippen molar-refractivity contribution in [3.63, 3.8) is 0 Å². The third kappa shape index (κ3) is 4.51. The van der Waals surface area contributed by atoms with Crippen molar-refractivity contribution in [2.75, 3.05) is 11.1 Å². The fourth-order valence-corrected chi connectivity index (χ4v) is 5.48. The van der Waals surface area contributed by atoms with Gasteiger partial charge in [-0.2, -0.15) is 5.10 Å². The van der Waals surface area contributed by atoms with E-state index >= 15 is 0 Å². The van der Waals surface area contributed by atoms with Gasteiger partial charge in [-0.25, -0.2) is 18.7 Å². The van der Waals surface area contributed by atoms with Crippen LogP contribution in [0.4, 0.5) is 20.4 Å². The minimum Gasteiger partial charge on any atom is -0.481 e. The Morgan fingerprint density at radius 2 is 1.81 bits per heavy atom. The number of aryl methyl sites for hydroxylation is 1. The number of nitrogens with zero attached hydrogens (tertiary/aromatic N) is 4. The van der Waals surface area contributed by atoms with Gasteiger partial charge in [-0.3, -0.25) is 14.3 Å². The summed E-state index contributed by atoms with van der Waals surface area (Å²) >= 11 is 6.25. The molecule has 4 N–H and O–H groups in total. The maximum absolute atomic E-state index is 14.5. The first-order valence-corrected chi connectivity index (χ1v) is 13.3. The van der Waals surface area contributed by atoms with Crippen LogP contribution in [0.15, 0.2) is 60.7 Å². The van der Waals surface area contributed by atoms with Crippen LogP contribution in [-0.4, -0.2) is 36.7 Å². The standard InChI is InChI=1S/C30H23ClF2N6O3/c1-30(16-8-5-15(6-9-16)7-12-23(40)41)24-26(34)35-28(36-27(24)37-29(30)42)25-18-11-10-17(31)13-22(18)39(38-25)14-19-20(32)3-2-4-21(19)33/h2-6,8-11,13H,7,12,14H2,1H3,(H,40,41)(H3,34,35,36,37,42)/t30-/m1/s1. The Bertz CT molecular complexity index is 1890. The lowest BCUT2D eigenvalue weighted by Crippen LogP contribution is -2.33. The van der Waals surface area contributed by atoms with Crippen LogP contribution in [0.5, 0.6) is 0 Å². The summed E-state index contributed by atoms with van der Waals surface area (Å²) in [7, 11) is 0. The summed E-state index contributed by atoms with van der Waals surface area (Å²) in [5.41, 5.74) is 7.74. The molecular formula is C30H23ClF2N6O3. The molecule has 0 saturated heterocycles. The maximum atomic E-state index is 14.5. The highest BCUT2D eigenvalue weighted by Gasteiger charge is 2.47. The van der Waals surface area contributed by atoms with Gasteiger partial charge >= 0.3 is 5.97 Å². The number of nitrogens with two attached hydrogens (primary N) is 1. The van der Waals surface area contributed by atoms with Crippen LogP contribution in [0.3, 0.4) is 0 Å². The zero-order valence-electron chi connectivity index (χ0n) is 22.2. The zero-order chi connectivity index (χ0) is 29.8. The van der Waals surface area contributed by atoms with E-state index in [4.69, 9.17) is 22.4 Å². The number of hydrogen-bond donors (Lipinski definition) is 3. The highest BCUT2D eigenvalue weighted by molar-refractivity contribution is 6.31. The van der Waals surface area contributed by atoms with E-state index < -0.39 is 23.0 Å². The molecule has 12 heteroatoms. The quantitative estimate of drug-likeness (QED) is 0.234. The predicted octanol–water partition coefficient (Wildman–Crippen LogP) is 5.33. The second-order valence-corrected chi connectivity index (χ2v) is 10.6. The molecule has 1 aliphatic rings. The Labute approximate surface area is 243 Å². The molecule has 9 nitrogen and oxygen atoms in total. The topological polar surface area (TPSA) is 136 Å². The molecule has 0 aliphatic carbocycles. The van der Waals surface area contributed by atoms with Crippen molar-refractivity contribution in [2.24, 2.45) is 0 Å². The Morgan fingerprint density at radius 3 is 2.50 bits per heavy atom. The molecule has 1 atom stereocenters. The summed E-state index contributed by atoms with van der Waals surface area (Å²) in [5.74, 6) is -2.28. The van der Waals surface area contributed by atoms with Crippen LogP contribution < -0.4 is 11.1 Å². The van der Waals surface area contributed by atoms with Gasteiger partial charge in [-0.1, -0.05) is 41.9 Å². The van der Waals surface area contributed by atoms with Gasteiger partial charge in [0.05, 0.1) is 17.6 Å². The fraction of sp³-hybridized carbons (Fsp3) is 0.167. The highest BCUT2D eigenvalue weighted by Crippen LogP contribution is 2.45. The number of nitrogen functional groups attached to an aromatic ring is 1. The monoisotopic (exact) mass is 588 g/mol. The van der Waals surface area contributed by atoms with Crippen molar-refractivity contribution < 1.29 is 23.5 Å². The highest BCUT2D eigenvalue weighted by atomic mass is 35.5. The van der Waals surface area contributed by atoms with Crippen LogP contribution in [-0.2, 0) is 28.0 Å². The van der Waals surface area contributed by atoms with E-state index in [-0.39, 0.29) is 41.9 Å². The molecule has 3 aromatic carbocycles. The molecule has 42 heavy (non-hydrogen) atoms. The molecule has 0 unspecified atom stereocenters. The summed E-state index contributed by atoms with van der Waals surface area (Å²) in [4.78, 5) is 33.4. The number of halogens is 3. The van der Waals surface area contributed by atoms with E-state index in [1.54, 1.807) is 49.4 Å². The van der Waals surface area contributed by atoms with Crippen molar-refractivity contribution >= 4 is 46.0 Å². The molecule has 0 fully saturated rings. The van der Waals surface area contributed by atoms with E-state index in [1.807, 2.05) is 0 Å². The van der Waals surface area contributed by atoms with E-state index in [1.165, 1.54) is 22.9 Å². The van der Waals surface area contributed by atoms with Crippen LogP contribution >= 0.6 is 11.6 Å². The SMILES string of the molecule is C[C@]1(c2ccc(CCC(=O)O)cc2)C(=O)Nc2nc(-c3nn(Cc4c(F)cccc4F)c4cc(Cl)ccc34)nc(N)c21. The van der Waals surface area contributed by atoms with E-state index in [0.717, 1.165) is 5.56 Å². The lowest BCUT2D eigenvalue weighted by Gasteiger charge is -2.23. The molecule has 3 heterocycles. The number of carbonyl (C=O) groups is 2. The molecule has 6 rings (SSSR count). The molecule has 2 aromatic heterocycles. The van der Waals surface area contributed by atoms with Crippen LogP contribution in [0.1, 0.15) is 35.6 Å². The molecule has 212 valence electrons. The summed E-state index contributed by atoms with van der Waals surface area (Å²) in [5, 5.41) is 17.3. The number of benzene rings is 3. The lowest BCUT2D eigenvalue weighted by molar-refractivity contribution is -0.137. The number of carbonyl (C=O) groups excluding carboxylic acids is 1. The number of rotatable bonds is 7. The Morgan fingerprint density at radius 1 is 1.10 bits per heavy atom. The first-order valence-electron chi connectivity index (χ1n) is 13.0. The first kappa shape index (κ1) is 27.3. The largest absolute Gasteiger partial charge is 0.481 e. The van der Waals surface area contributed by atoms with Gasteiger partial charge in [0.15, 0.2) is 5.82 Å². The summed E-state index contributed by atoms with van der Waals surface area (Å²) in [6, 6.07) is 15.7. The number of carboxylic acid groups (broad SMARTS) is 1. The van der Waals surface area contributed by atoms with Crippen LogP contribution in [0.2, 0.25) is 5.02 Å². The third-order valence-corrected chi connectivity index (χ3v) is 7.81. The minimum absolute atomic E-state index is 0.00459. The number of fused-ring (bicyclic) bond motifs is 2. The number of anilines is 2. The molecule has 0 radical (unpaired) electrons. The van der Waals surface area contributed by atoms with E-state index in [9.17, 15) is 18.4 Å². The van der Waals surface area contributed by atoms with Crippen LogP contribution in [0, 0.1) is 11.6 Å². The normalized spacial score (nSPS) is 16.0. The minimum atomic E-state index is -1.21. The summed E-state index contributed by atoms with van der Waals surface area (Å²) in [6.45, 7) is 1.50. The van der Waals surface area contributed by atoms with Crippen molar-refractivity contribution in [1.82, 2.24) is 19.7 Å². The predicted molar refractivity (Wildman–Crippen MR) is 153 cm³/mol. The molecule has 1 aliphatic heterocycles. The number of aromatic nitrogens is 4. The van der Waals surface area contributed by atoms with Gasteiger partial charge in [0.1, 0.15) is 34.4 Å². The van der Waals surface area contributed by atoms with Gasteiger partial charge in [-0.15, -0.1) is 0 Å². The Balaban J connectivity index is 1.42. The second kappa shape index (κ2) is 10.2. The third-order valence-electron chi connectivity index (χ3n) is 7.58. The van der Waals surface area contributed by atoms with Crippen molar-refractivity contribution in [3.8, 4) is 11.5 Å². The molecular weight excluding hydrogens is 566 g/mol. The van der Waals surface area contributed by atoms with Gasteiger partial charge in [0, 0.05) is 22.4 Å². The second-order valence-electron chi connectivity index (χ2n) is 10.2. The van der Waals surface area contributed by atoms with Crippen molar-refractivity contribution in [1.29, 1.82) is 0 Å². The molecule has 5 aromatic rings. The number of nitrogens with one attached hydrogen (secondary N) is 1. The van der Waals surface area contributed by atoms with Crippen LogP contribution in [0.25, 0.3) is 22.4 Å². The van der Waals surface area contributed by atoms with Crippen molar-refractivity contribution in [2.45, 2.75) is 31.7 Å². The van der Waals surface area contributed by atoms with E-state index in [2.05, 4.69) is 20.4 Å².